The Labute approximate surface area is 103 Å². The first-order valence-corrected chi connectivity index (χ1v) is 6.19. The van der Waals surface area contributed by atoms with E-state index in [-0.39, 0.29) is 6.10 Å². The molecule has 2 nitrogen and oxygen atoms in total. The maximum Gasteiger partial charge on any atom is 0.125 e. The molecule has 90 valence electrons. The number of nitrogens with one attached hydrogen (secondary N) is 1. The lowest BCUT2D eigenvalue weighted by Crippen LogP contribution is -2.16. The first-order valence-electron chi connectivity index (χ1n) is 5.81. The fourth-order valence-electron chi connectivity index (χ4n) is 1.63. The third-order valence-corrected chi connectivity index (χ3v) is 2.99. The van der Waals surface area contributed by atoms with Gasteiger partial charge in [0.15, 0.2) is 0 Å². The highest BCUT2D eigenvalue weighted by Gasteiger charge is 2.11. The monoisotopic (exact) mass is 241 g/mol. The van der Waals surface area contributed by atoms with E-state index in [2.05, 4.69) is 19.2 Å². The summed E-state index contributed by atoms with van der Waals surface area (Å²) in [6.07, 6.45) is 2.30. The zero-order chi connectivity index (χ0) is 12.0. The van der Waals surface area contributed by atoms with Crippen molar-refractivity contribution in [2.75, 3.05) is 7.05 Å². The summed E-state index contributed by atoms with van der Waals surface area (Å²) in [5.74, 6) is 0.899. The molecular weight excluding hydrogens is 222 g/mol. The van der Waals surface area contributed by atoms with Gasteiger partial charge in [0.05, 0.1) is 6.10 Å². The molecule has 0 aliphatic heterocycles. The van der Waals surface area contributed by atoms with Crippen LogP contribution in [0.25, 0.3) is 0 Å². The fraction of sp³-hybridized carbons (Fsp3) is 0.538. The van der Waals surface area contributed by atoms with E-state index in [0.29, 0.717) is 0 Å². The van der Waals surface area contributed by atoms with Crippen LogP contribution in [-0.2, 0) is 6.54 Å². The van der Waals surface area contributed by atoms with Crippen LogP contribution >= 0.6 is 11.6 Å². The molecule has 0 unspecified atom stereocenters. The van der Waals surface area contributed by atoms with Gasteiger partial charge in [0, 0.05) is 17.1 Å². The van der Waals surface area contributed by atoms with Crippen LogP contribution in [-0.4, -0.2) is 13.2 Å². The topological polar surface area (TPSA) is 21.3 Å². The van der Waals surface area contributed by atoms with Crippen LogP contribution in [0.5, 0.6) is 5.75 Å². The van der Waals surface area contributed by atoms with E-state index >= 15 is 0 Å². The molecule has 0 fully saturated rings. The van der Waals surface area contributed by atoms with Crippen molar-refractivity contribution < 1.29 is 4.74 Å². The molecule has 0 saturated heterocycles. The Hall–Kier alpha value is -0.730. The molecule has 0 aromatic heterocycles. The standard InChI is InChI=1S/C13H20ClNO/c1-4-10(5-2)16-13-8-6-7-12(14)11(13)9-15-3/h6-8,10,15H,4-5,9H2,1-3H3. The molecule has 0 saturated carbocycles. The van der Waals surface area contributed by atoms with Gasteiger partial charge in [-0.05, 0) is 32.0 Å². The van der Waals surface area contributed by atoms with E-state index in [1.807, 2.05) is 25.2 Å². The first-order chi connectivity index (χ1) is 7.72. The Balaban J connectivity index is 2.89. The lowest BCUT2D eigenvalue weighted by molar-refractivity contribution is 0.191. The number of halogens is 1. The van der Waals surface area contributed by atoms with Gasteiger partial charge in [-0.2, -0.15) is 0 Å². The molecular formula is C13H20ClNO. The molecule has 1 aromatic rings. The van der Waals surface area contributed by atoms with Crippen molar-refractivity contribution in [3.05, 3.63) is 28.8 Å². The summed E-state index contributed by atoms with van der Waals surface area (Å²) in [4.78, 5) is 0. The van der Waals surface area contributed by atoms with Crippen molar-refractivity contribution in [1.29, 1.82) is 0 Å². The third-order valence-electron chi connectivity index (χ3n) is 2.63. The average molecular weight is 242 g/mol. The smallest absolute Gasteiger partial charge is 0.125 e. The highest BCUT2D eigenvalue weighted by molar-refractivity contribution is 6.31. The second-order valence-corrected chi connectivity index (χ2v) is 4.21. The number of hydrogen-bond donors (Lipinski definition) is 1. The van der Waals surface area contributed by atoms with Gasteiger partial charge in [0.2, 0.25) is 0 Å². The maximum absolute atomic E-state index is 6.16. The lowest BCUT2D eigenvalue weighted by Gasteiger charge is -2.19. The Bertz CT molecular complexity index is 324. The molecule has 1 aromatic carbocycles. The van der Waals surface area contributed by atoms with E-state index in [0.717, 1.165) is 35.7 Å². The minimum absolute atomic E-state index is 0.272. The lowest BCUT2D eigenvalue weighted by atomic mass is 10.1. The molecule has 3 heteroatoms. The second kappa shape index (κ2) is 6.77. The van der Waals surface area contributed by atoms with Crippen molar-refractivity contribution in [3.8, 4) is 5.75 Å². The Morgan fingerprint density at radius 2 is 2.00 bits per heavy atom. The molecule has 1 N–H and O–H groups in total. The summed E-state index contributed by atoms with van der Waals surface area (Å²) in [7, 11) is 1.91. The van der Waals surface area contributed by atoms with Crippen molar-refractivity contribution in [3.63, 3.8) is 0 Å². The van der Waals surface area contributed by atoms with Crippen LogP contribution < -0.4 is 10.1 Å². The summed E-state index contributed by atoms with van der Waals surface area (Å²) in [6.45, 7) is 5.00. The Kier molecular flexibility index (Phi) is 5.64. The van der Waals surface area contributed by atoms with E-state index in [1.54, 1.807) is 0 Å². The second-order valence-electron chi connectivity index (χ2n) is 3.80. The summed E-state index contributed by atoms with van der Waals surface area (Å²) in [5.41, 5.74) is 1.04. The molecule has 1 rings (SSSR count). The largest absolute Gasteiger partial charge is 0.490 e. The van der Waals surface area contributed by atoms with Gasteiger partial charge in [0.1, 0.15) is 5.75 Å². The van der Waals surface area contributed by atoms with Crippen molar-refractivity contribution in [1.82, 2.24) is 5.32 Å². The van der Waals surface area contributed by atoms with Gasteiger partial charge < -0.3 is 10.1 Å². The van der Waals surface area contributed by atoms with Crippen molar-refractivity contribution in [2.45, 2.75) is 39.3 Å². The van der Waals surface area contributed by atoms with Gasteiger partial charge >= 0.3 is 0 Å². The number of hydrogen-bond acceptors (Lipinski definition) is 2. The van der Waals surface area contributed by atoms with Crippen LogP contribution in [0, 0.1) is 0 Å². The van der Waals surface area contributed by atoms with Gasteiger partial charge in [0.25, 0.3) is 0 Å². The Morgan fingerprint density at radius 1 is 1.31 bits per heavy atom. The zero-order valence-electron chi connectivity index (χ0n) is 10.2. The summed E-state index contributed by atoms with van der Waals surface area (Å²) >= 11 is 6.16. The highest BCUT2D eigenvalue weighted by Crippen LogP contribution is 2.27. The zero-order valence-corrected chi connectivity index (χ0v) is 11.0. The van der Waals surface area contributed by atoms with Gasteiger partial charge in [-0.25, -0.2) is 0 Å². The summed E-state index contributed by atoms with van der Waals surface area (Å²) in [5, 5.41) is 3.87. The molecule has 0 atom stereocenters. The number of benzene rings is 1. The van der Waals surface area contributed by atoms with Crippen molar-refractivity contribution >= 4 is 11.6 Å². The van der Waals surface area contributed by atoms with Crippen LogP contribution in [0.15, 0.2) is 18.2 Å². The van der Waals surface area contributed by atoms with Crippen LogP contribution in [0.3, 0.4) is 0 Å². The molecule has 0 radical (unpaired) electrons. The van der Waals surface area contributed by atoms with Crippen LogP contribution in [0.1, 0.15) is 32.3 Å². The van der Waals surface area contributed by atoms with Gasteiger partial charge in [-0.3, -0.25) is 0 Å². The molecule has 0 heterocycles. The third kappa shape index (κ3) is 3.39. The minimum atomic E-state index is 0.272. The highest BCUT2D eigenvalue weighted by atomic mass is 35.5. The molecule has 0 spiro atoms. The van der Waals surface area contributed by atoms with Crippen molar-refractivity contribution in [2.24, 2.45) is 0 Å². The van der Waals surface area contributed by atoms with Crippen LogP contribution in [0.4, 0.5) is 0 Å². The maximum atomic E-state index is 6.16. The summed E-state index contributed by atoms with van der Waals surface area (Å²) < 4.78 is 5.95. The van der Waals surface area contributed by atoms with Gasteiger partial charge in [-0.15, -0.1) is 0 Å². The predicted molar refractivity (Wildman–Crippen MR) is 69.2 cm³/mol. The molecule has 0 aliphatic rings. The molecule has 0 bridgehead atoms. The summed E-state index contributed by atoms with van der Waals surface area (Å²) in [6, 6.07) is 5.81. The molecule has 0 amide bonds. The molecule has 16 heavy (non-hydrogen) atoms. The molecule has 0 aliphatic carbocycles. The fourth-order valence-corrected chi connectivity index (χ4v) is 1.87. The number of rotatable bonds is 6. The number of ether oxygens (including phenoxy) is 1. The van der Waals surface area contributed by atoms with E-state index in [9.17, 15) is 0 Å². The van der Waals surface area contributed by atoms with E-state index in [4.69, 9.17) is 16.3 Å². The van der Waals surface area contributed by atoms with Crippen LogP contribution in [0.2, 0.25) is 5.02 Å². The first kappa shape index (κ1) is 13.3. The minimum Gasteiger partial charge on any atom is -0.490 e. The van der Waals surface area contributed by atoms with E-state index in [1.165, 1.54) is 0 Å². The van der Waals surface area contributed by atoms with Gasteiger partial charge in [-0.1, -0.05) is 31.5 Å². The predicted octanol–water partition coefficient (Wildman–Crippen LogP) is 3.63. The van der Waals surface area contributed by atoms with E-state index < -0.39 is 0 Å². The average Bonchev–Trinajstić information content (AvgIpc) is 2.30. The Morgan fingerprint density at radius 3 is 2.56 bits per heavy atom. The quantitative estimate of drug-likeness (QED) is 0.821. The SMILES string of the molecule is CCC(CC)Oc1cccc(Cl)c1CNC. The normalized spacial score (nSPS) is 10.8.